The Morgan fingerprint density at radius 2 is 1.03 bits per heavy atom. The average Bonchev–Trinajstić information content (AvgIpc) is 3.42. The maximum absolute atomic E-state index is 12.8. The number of carbonyl (C=O) groups excluding carboxylic acids is 2. The minimum Gasteiger partial charge on any atom is -0.462 e. The Kier molecular flexibility index (Phi) is 7.32. The zero-order chi connectivity index (χ0) is 21.3. The van der Waals surface area contributed by atoms with Gasteiger partial charge in [0.15, 0.2) is 0 Å². The molecule has 0 aromatic heterocycles. The van der Waals surface area contributed by atoms with Crippen molar-refractivity contribution < 1.29 is 19.1 Å². The number of ether oxygens (including phenoxy) is 2. The van der Waals surface area contributed by atoms with Crippen molar-refractivity contribution in [1.82, 2.24) is 0 Å². The number of hydrogen-bond acceptors (Lipinski definition) is 4. The van der Waals surface area contributed by atoms with Crippen LogP contribution in [0.5, 0.6) is 0 Å². The van der Waals surface area contributed by atoms with Gasteiger partial charge in [0, 0.05) is 0 Å². The van der Waals surface area contributed by atoms with Crippen molar-refractivity contribution in [2.75, 3.05) is 0 Å². The molecule has 0 aliphatic heterocycles. The first kappa shape index (κ1) is 22.6. The molecule has 3 rings (SSSR count). The van der Waals surface area contributed by atoms with Crippen LogP contribution in [0, 0.1) is 47.3 Å². The molecular formula is C25H42O4. The van der Waals surface area contributed by atoms with Gasteiger partial charge in [-0.25, -0.2) is 0 Å². The smallest absolute Gasteiger partial charge is 0.310 e. The fourth-order valence-corrected chi connectivity index (χ4v) is 5.69. The molecule has 0 amide bonds. The first-order chi connectivity index (χ1) is 13.7. The summed E-state index contributed by atoms with van der Waals surface area (Å²) in [4.78, 5) is 25.5. The van der Waals surface area contributed by atoms with Crippen LogP contribution in [0.25, 0.3) is 0 Å². The van der Waals surface area contributed by atoms with E-state index < -0.39 is 0 Å². The van der Waals surface area contributed by atoms with Gasteiger partial charge in [-0.1, -0.05) is 54.4 Å². The molecule has 0 aromatic carbocycles. The molecule has 3 aliphatic rings. The molecule has 166 valence electrons. The van der Waals surface area contributed by atoms with Crippen LogP contribution in [0.4, 0.5) is 0 Å². The molecular weight excluding hydrogens is 364 g/mol. The lowest BCUT2D eigenvalue weighted by molar-refractivity contribution is -0.164. The first-order valence-corrected chi connectivity index (χ1v) is 12.1. The summed E-state index contributed by atoms with van der Waals surface area (Å²) in [6.07, 6.45) is 7.20. The Morgan fingerprint density at radius 1 is 0.655 bits per heavy atom. The third-order valence-electron chi connectivity index (χ3n) is 7.85. The maximum atomic E-state index is 12.8. The standard InChI is InChI=1S/C25H42O4/c1-14(2)18-9-7-16(5)11-22(18)28-24(26)20-13-21(20)25(27)29-23-12-17(6)8-10-19(23)15(3)4/h14-23H,7-13H2,1-6H3/t16-,17-,18+,19+,20+,21+,22-,23-/m1/s1. The molecule has 0 N–H and O–H groups in total. The Hall–Kier alpha value is -1.06. The van der Waals surface area contributed by atoms with E-state index in [-0.39, 0.29) is 36.0 Å². The van der Waals surface area contributed by atoms with Crippen LogP contribution >= 0.6 is 0 Å². The average molecular weight is 407 g/mol. The van der Waals surface area contributed by atoms with Gasteiger partial charge in [-0.15, -0.1) is 0 Å². The van der Waals surface area contributed by atoms with Gasteiger partial charge in [0.2, 0.25) is 0 Å². The number of hydrogen-bond donors (Lipinski definition) is 0. The lowest BCUT2D eigenvalue weighted by Gasteiger charge is -2.37. The third kappa shape index (κ3) is 5.55. The molecule has 3 saturated carbocycles. The lowest BCUT2D eigenvalue weighted by atomic mass is 9.75. The normalized spacial score (nSPS) is 40.0. The van der Waals surface area contributed by atoms with Crippen molar-refractivity contribution >= 4 is 11.9 Å². The summed E-state index contributed by atoms with van der Waals surface area (Å²) in [6, 6.07) is 0. The summed E-state index contributed by atoms with van der Waals surface area (Å²) >= 11 is 0. The van der Waals surface area contributed by atoms with E-state index >= 15 is 0 Å². The van der Waals surface area contributed by atoms with E-state index in [2.05, 4.69) is 41.5 Å². The highest BCUT2D eigenvalue weighted by Gasteiger charge is 2.52. The zero-order valence-corrected chi connectivity index (χ0v) is 19.4. The van der Waals surface area contributed by atoms with E-state index in [0.29, 0.717) is 41.9 Å². The summed E-state index contributed by atoms with van der Waals surface area (Å²) < 4.78 is 11.9. The van der Waals surface area contributed by atoms with Crippen molar-refractivity contribution in [2.45, 2.75) is 98.7 Å². The minimum atomic E-state index is -0.286. The van der Waals surface area contributed by atoms with E-state index in [0.717, 1.165) is 25.7 Å². The monoisotopic (exact) mass is 406 g/mol. The molecule has 0 saturated heterocycles. The van der Waals surface area contributed by atoms with Gasteiger partial charge in [0.25, 0.3) is 0 Å². The largest absolute Gasteiger partial charge is 0.462 e. The summed E-state index contributed by atoms with van der Waals surface area (Å²) in [6.45, 7) is 13.4. The van der Waals surface area contributed by atoms with Crippen molar-refractivity contribution in [3.63, 3.8) is 0 Å². The molecule has 3 fully saturated rings. The number of carbonyl (C=O) groups is 2. The molecule has 4 nitrogen and oxygen atoms in total. The van der Waals surface area contributed by atoms with Gasteiger partial charge in [0.1, 0.15) is 12.2 Å². The van der Waals surface area contributed by atoms with E-state index in [1.54, 1.807) is 0 Å². The molecule has 0 unspecified atom stereocenters. The summed E-state index contributed by atoms with van der Waals surface area (Å²) in [5, 5.41) is 0. The van der Waals surface area contributed by atoms with Gasteiger partial charge in [0.05, 0.1) is 11.8 Å². The van der Waals surface area contributed by atoms with Crippen molar-refractivity contribution in [3.05, 3.63) is 0 Å². The Morgan fingerprint density at radius 3 is 1.38 bits per heavy atom. The fraction of sp³-hybridized carbons (Fsp3) is 0.920. The molecule has 29 heavy (non-hydrogen) atoms. The van der Waals surface area contributed by atoms with Crippen LogP contribution in [-0.4, -0.2) is 24.1 Å². The van der Waals surface area contributed by atoms with Crippen LogP contribution in [-0.2, 0) is 19.1 Å². The predicted octanol–water partition coefficient (Wildman–Crippen LogP) is 5.63. The van der Waals surface area contributed by atoms with Gasteiger partial charge >= 0.3 is 11.9 Å². The minimum absolute atomic E-state index is 0.00744. The molecule has 0 bridgehead atoms. The molecule has 0 aromatic rings. The second kappa shape index (κ2) is 9.39. The zero-order valence-electron chi connectivity index (χ0n) is 19.4. The van der Waals surface area contributed by atoms with Crippen LogP contribution < -0.4 is 0 Å². The maximum Gasteiger partial charge on any atom is 0.310 e. The second-order valence-electron chi connectivity index (χ2n) is 11.1. The van der Waals surface area contributed by atoms with Crippen LogP contribution in [0.15, 0.2) is 0 Å². The SMILES string of the molecule is CC(C)[C@@H]1CC[C@@H](C)C[C@H]1OC(=O)[C@H]1C[C@@H]1C(=O)O[C@@H]1C[C@H](C)CC[C@H]1C(C)C. The highest BCUT2D eigenvalue weighted by atomic mass is 16.6. The predicted molar refractivity (Wildman–Crippen MR) is 114 cm³/mol. The first-order valence-electron chi connectivity index (χ1n) is 12.1. The lowest BCUT2D eigenvalue weighted by Crippen LogP contribution is -2.37. The van der Waals surface area contributed by atoms with Gasteiger partial charge < -0.3 is 9.47 Å². The second-order valence-corrected chi connectivity index (χ2v) is 11.1. The van der Waals surface area contributed by atoms with E-state index in [9.17, 15) is 9.59 Å². The van der Waals surface area contributed by atoms with Gasteiger partial charge in [-0.3, -0.25) is 9.59 Å². The van der Waals surface area contributed by atoms with E-state index in [1.807, 2.05) is 0 Å². The van der Waals surface area contributed by atoms with Gasteiger partial charge in [-0.05, 0) is 67.6 Å². The van der Waals surface area contributed by atoms with Crippen LogP contribution in [0.3, 0.4) is 0 Å². The quantitative estimate of drug-likeness (QED) is 0.536. The topological polar surface area (TPSA) is 52.6 Å². The van der Waals surface area contributed by atoms with Gasteiger partial charge in [-0.2, -0.15) is 0 Å². The third-order valence-corrected chi connectivity index (χ3v) is 7.85. The van der Waals surface area contributed by atoms with Crippen molar-refractivity contribution in [1.29, 1.82) is 0 Å². The van der Waals surface area contributed by atoms with Crippen LogP contribution in [0.2, 0.25) is 0 Å². The molecule has 8 atom stereocenters. The molecule has 0 heterocycles. The number of esters is 2. The Bertz CT molecular complexity index is 533. The van der Waals surface area contributed by atoms with E-state index in [1.165, 1.54) is 12.8 Å². The Balaban J connectivity index is 1.52. The summed E-state index contributed by atoms with van der Waals surface area (Å²) in [5.74, 6) is 2.20. The highest BCUT2D eigenvalue weighted by Crippen LogP contribution is 2.44. The number of rotatable bonds is 6. The van der Waals surface area contributed by atoms with Crippen molar-refractivity contribution in [2.24, 2.45) is 47.3 Å². The molecule has 0 spiro atoms. The summed E-state index contributed by atoms with van der Waals surface area (Å²) in [5.41, 5.74) is 0. The fourth-order valence-electron chi connectivity index (χ4n) is 5.69. The molecule has 3 aliphatic carbocycles. The summed E-state index contributed by atoms with van der Waals surface area (Å²) in [7, 11) is 0. The van der Waals surface area contributed by atoms with Crippen molar-refractivity contribution in [3.8, 4) is 0 Å². The Labute approximate surface area is 177 Å². The molecule has 0 radical (unpaired) electrons. The highest BCUT2D eigenvalue weighted by molar-refractivity contribution is 5.87. The van der Waals surface area contributed by atoms with Crippen LogP contribution in [0.1, 0.15) is 86.5 Å². The molecule has 4 heteroatoms. The van der Waals surface area contributed by atoms with E-state index in [4.69, 9.17) is 9.47 Å².